The third-order valence-electron chi connectivity index (χ3n) is 2.31. The number of rotatable bonds is 7. The lowest BCUT2D eigenvalue weighted by molar-refractivity contribution is 0.0215. The van der Waals surface area contributed by atoms with E-state index in [-0.39, 0.29) is 23.7 Å². The lowest BCUT2D eigenvalue weighted by atomic mass is 10.1. The van der Waals surface area contributed by atoms with E-state index in [1.807, 2.05) is 0 Å². The van der Waals surface area contributed by atoms with Crippen molar-refractivity contribution in [2.75, 3.05) is 37.9 Å². The van der Waals surface area contributed by atoms with Crippen LogP contribution < -0.4 is 11.1 Å². The van der Waals surface area contributed by atoms with Gasteiger partial charge in [-0.1, -0.05) is 11.6 Å². The fourth-order valence-corrected chi connectivity index (χ4v) is 1.79. The molecule has 0 radical (unpaired) electrons. The summed E-state index contributed by atoms with van der Waals surface area (Å²) in [7, 11) is 1.23. The Balaban J connectivity index is 2.70. The normalized spacial score (nSPS) is 10.7. The minimum Gasteiger partial charge on any atom is -0.465 e. The number of benzene rings is 1. The molecule has 0 bridgehead atoms. The molecule has 0 saturated carbocycles. The van der Waals surface area contributed by atoms with Crippen molar-refractivity contribution in [2.24, 2.45) is 0 Å². The summed E-state index contributed by atoms with van der Waals surface area (Å²) >= 11 is 5.99. The number of nitrogens with two attached hydrogens (primary N) is 1. The predicted molar refractivity (Wildman–Crippen MR) is 72.5 cm³/mol. The standard InChI is InChI=1S/C12H15ClF2N2O3/c1-19-12(18)8-4-7(16)5-9(13)11(8)17-2-3-20-6-10(14)15/h4-5,10,17H,2-3,6,16H2,1H3. The second-order valence-electron chi connectivity index (χ2n) is 3.81. The number of nitrogens with one attached hydrogen (secondary N) is 1. The Bertz CT molecular complexity index is 472. The highest BCUT2D eigenvalue weighted by atomic mass is 35.5. The van der Waals surface area contributed by atoms with E-state index in [9.17, 15) is 13.6 Å². The van der Waals surface area contributed by atoms with Crippen LogP contribution in [0.5, 0.6) is 0 Å². The van der Waals surface area contributed by atoms with Crippen LogP contribution in [0.25, 0.3) is 0 Å². The maximum atomic E-state index is 11.9. The predicted octanol–water partition coefficient (Wildman–Crippen LogP) is 2.40. The van der Waals surface area contributed by atoms with Crippen molar-refractivity contribution in [1.29, 1.82) is 0 Å². The van der Waals surface area contributed by atoms with Gasteiger partial charge in [0.2, 0.25) is 0 Å². The lowest BCUT2D eigenvalue weighted by Crippen LogP contribution is -2.16. The summed E-state index contributed by atoms with van der Waals surface area (Å²) in [6.45, 7) is -0.382. The van der Waals surface area contributed by atoms with Gasteiger partial charge in [0.25, 0.3) is 6.43 Å². The van der Waals surface area contributed by atoms with Crippen LogP contribution in [0.1, 0.15) is 10.4 Å². The van der Waals surface area contributed by atoms with E-state index < -0.39 is 19.0 Å². The highest BCUT2D eigenvalue weighted by molar-refractivity contribution is 6.34. The molecular formula is C12H15ClF2N2O3. The number of methoxy groups -OCH3 is 1. The molecule has 8 heteroatoms. The average Bonchev–Trinajstić information content (AvgIpc) is 2.38. The lowest BCUT2D eigenvalue weighted by Gasteiger charge is -2.13. The first-order chi connectivity index (χ1) is 9.45. The van der Waals surface area contributed by atoms with Gasteiger partial charge in [-0.25, -0.2) is 13.6 Å². The molecule has 0 aliphatic carbocycles. The Morgan fingerprint density at radius 3 is 2.80 bits per heavy atom. The zero-order valence-electron chi connectivity index (χ0n) is 10.8. The van der Waals surface area contributed by atoms with Crippen molar-refractivity contribution in [2.45, 2.75) is 6.43 Å². The maximum absolute atomic E-state index is 11.9. The number of hydrogen-bond acceptors (Lipinski definition) is 5. The van der Waals surface area contributed by atoms with Crippen LogP contribution in [-0.2, 0) is 9.47 Å². The minimum absolute atomic E-state index is 0.0473. The largest absolute Gasteiger partial charge is 0.465 e. The van der Waals surface area contributed by atoms with Crippen LogP contribution in [0.2, 0.25) is 5.02 Å². The molecule has 1 aromatic rings. The van der Waals surface area contributed by atoms with Crippen molar-refractivity contribution in [3.05, 3.63) is 22.7 Å². The van der Waals surface area contributed by atoms with Crippen molar-refractivity contribution in [1.82, 2.24) is 0 Å². The van der Waals surface area contributed by atoms with E-state index in [0.717, 1.165) is 0 Å². The molecule has 3 N–H and O–H groups in total. The minimum atomic E-state index is -2.51. The van der Waals surface area contributed by atoms with Gasteiger partial charge in [0.1, 0.15) is 6.61 Å². The molecule has 112 valence electrons. The number of carbonyl (C=O) groups excluding carboxylic acids is 1. The van der Waals surface area contributed by atoms with E-state index in [1.54, 1.807) is 0 Å². The molecule has 0 amide bonds. The van der Waals surface area contributed by atoms with Crippen molar-refractivity contribution >= 4 is 28.9 Å². The smallest absolute Gasteiger partial charge is 0.340 e. The van der Waals surface area contributed by atoms with Crippen LogP contribution in [0.3, 0.4) is 0 Å². The van der Waals surface area contributed by atoms with E-state index in [1.165, 1.54) is 19.2 Å². The number of ether oxygens (including phenoxy) is 2. The molecule has 0 aliphatic heterocycles. The molecule has 20 heavy (non-hydrogen) atoms. The van der Waals surface area contributed by atoms with Crippen LogP contribution in [0, 0.1) is 0 Å². The van der Waals surface area contributed by atoms with Crippen molar-refractivity contribution < 1.29 is 23.0 Å². The first kappa shape index (κ1) is 16.5. The summed E-state index contributed by atoms with van der Waals surface area (Å²) in [5.41, 5.74) is 6.42. The van der Waals surface area contributed by atoms with Gasteiger partial charge in [-0.15, -0.1) is 0 Å². The molecule has 0 atom stereocenters. The van der Waals surface area contributed by atoms with Crippen molar-refractivity contribution in [3.63, 3.8) is 0 Å². The Hall–Kier alpha value is -1.60. The number of anilines is 2. The molecule has 1 rings (SSSR count). The second-order valence-corrected chi connectivity index (χ2v) is 4.22. The summed E-state index contributed by atoms with van der Waals surface area (Å²) in [4.78, 5) is 11.6. The van der Waals surface area contributed by atoms with Crippen LogP contribution in [0.15, 0.2) is 12.1 Å². The van der Waals surface area contributed by atoms with Gasteiger partial charge >= 0.3 is 5.97 Å². The Labute approximate surface area is 120 Å². The quantitative estimate of drug-likeness (QED) is 0.460. The summed E-state index contributed by atoms with van der Waals surface area (Å²) in [5.74, 6) is -0.602. The monoisotopic (exact) mass is 308 g/mol. The van der Waals surface area contributed by atoms with E-state index in [0.29, 0.717) is 11.4 Å². The van der Waals surface area contributed by atoms with Gasteiger partial charge in [0.15, 0.2) is 0 Å². The Kier molecular flexibility index (Phi) is 6.47. The zero-order chi connectivity index (χ0) is 15.1. The van der Waals surface area contributed by atoms with E-state index in [4.69, 9.17) is 22.1 Å². The first-order valence-corrected chi connectivity index (χ1v) is 6.10. The van der Waals surface area contributed by atoms with E-state index in [2.05, 4.69) is 10.1 Å². The second kappa shape index (κ2) is 7.86. The fraction of sp³-hybridized carbons (Fsp3) is 0.417. The average molecular weight is 309 g/mol. The van der Waals surface area contributed by atoms with Crippen LogP contribution in [0.4, 0.5) is 20.2 Å². The molecule has 5 nitrogen and oxygen atoms in total. The Morgan fingerprint density at radius 1 is 1.50 bits per heavy atom. The van der Waals surface area contributed by atoms with Crippen molar-refractivity contribution in [3.8, 4) is 0 Å². The number of esters is 1. The summed E-state index contributed by atoms with van der Waals surface area (Å²) in [6.07, 6.45) is -2.51. The molecule has 0 fully saturated rings. The van der Waals surface area contributed by atoms with Gasteiger partial charge in [-0.05, 0) is 12.1 Å². The van der Waals surface area contributed by atoms with Gasteiger partial charge in [-0.2, -0.15) is 0 Å². The molecule has 0 aliphatic rings. The van der Waals surface area contributed by atoms with Crippen LogP contribution in [-0.4, -0.2) is 39.3 Å². The number of carbonyl (C=O) groups is 1. The first-order valence-electron chi connectivity index (χ1n) is 5.72. The van der Waals surface area contributed by atoms with Gasteiger partial charge in [0, 0.05) is 12.2 Å². The van der Waals surface area contributed by atoms with Gasteiger partial charge in [-0.3, -0.25) is 0 Å². The number of nitrogen functional groups attached to an aromatic ring is 1. The molecule has 0 heterocycles. The maximum Gasteiger partial charge on any atom is 0.340 e. The SMILES string of the molecule is COC(=O)c1cc(N)cc(Cl)c1NCCOCC(F)F. The summed E-state index contributed by atoms with van der Waals surface area (Å²) < 4.78 is 33.1. The third kappa shape index (κ3) is 4.82. The highest BCUT2D eigenvalue weighted by Crippen LogP contribution is 2.29. The summed E-state index contributed by atoms with van der Waals surface area (Å²) in [6, 6.07) is 2.89. The van der Waals surface area contributed by atoms with Crippen LogP contribution >= 0.6 is 11.6 Å². The van der Waals surface area contributed by atoms with Gasteiger partial charge < -0.3 is 20.5 Å². The highest BCUT2D eigenvalue weighted by Gasteiger charge is 2.16. The summed E-state index contributed by atoms with van der Waals surface area (Å²) in [5, 5.41) is 3.07. The number of alkyl halides is 2. The zero-order valence-corrected chi connectivity index (χ0v) is 11.5. The molecular weight excluding hydrogens is 294 g/mol. The van der Waals surface area contributed by atoms with Gasteiger partial charge in [0.05, 0.1) is 30.0 Å². The van der Waals surface area contributed by atoms with E-state index >= 15 is 0 Å². The number of halogens is 3. The molecule has 0 spiro atoms. The topological polar surface area (TPSA) is 73.6 Å². The molecule has 1 aromatic carbocycles. The number of hydrogen-bond donors (Lipinski definition) is 2. The Morgan fingerprint density at radius 2 is 2.20 bits per heavy atom. The molecule has 0 aromatic heterocycles. The third-order valence-corrected chi connectivity index (χ3v) is 2.61. The molecule has 0 saturated heterocycles. The molecule has 0 unspecified atom stereocenters. The fourth-order valence-electron chi connectivity index (χ4n) is 1.50.